The first kappa shape index (κ1) is 18.8. The fourth-order valence-electron chi connectivity index (χ4n) is 0.956. The van der Waals surface area contributed by atoms with Gasteiger partial charge in [0.25, 0.3) is 0 Å². The summed E-state index contributed by atoms with van der Waals surface area (Å²) in [6, 6.07) is 0. The first-order chi connectivity index (χ1) is 6.77. The molecular weight excluding hydrogens is 244 g/mol. The van der Waals surface area contributed by atoms with Crippen LogP contribution in [0.5, 0.6) is 0 Å². The van der Waals surface area contributed by atoms with Gasteiger partial charge in [-0.1, -0.05) is 12.5 Å². The molecule has 0 bridgehead atoms. The minimum Gasteiger partial charge on any atom is -0.311 e. The predicted molar refractivity (Wildman–Crippen MR) is 53.2 cm³/mol. The number of hydrogen-bond acceptors (Lipinski definition) is 1. The minimum atomic E-state index is -4.46. The van der Waals surface area contributed by atoms with Gasteiger partial charge < -0.3 is 4.79 Å². The van der Waals surface area contributed by atoms with Crippen LogP contribution in [0.1, 0.15) is 27.2 Å². The van der Waals surface area contributed by atoms with Gasteiger partial charge in [0.1, 0.15) is 0 Å². The van der Waals surface area contributed by atoms with E-state index in [9.17, 15) is 18.0 Å². The molecule has 0 radical (unpaired) electrons. The monoisotopic (exact) mass is 258 g/mol. The Labute approximate surface area is 137 Å². The molecule has 0 aliphatic rings. The Morgan fingerprint density at radius 3 is 2.06 bits per heavy atom. The fraction of sp³-hybridized carbons (Fsp3) is 0.455. The van der Waals surface area contributed by atoms with Gasteiger partial charge in [-0.25, -0.2) is 6.42 Å². The zero-order valence-corrected chi connectivity index (χ0v) is 13.1. The molecule has 0 N–H and O–H groups in total. The van der Waals surface area contributed by atoms with Crippen molar-refractivity contribution in [3.63, 3.8) is 0 Å². The Morgan fingerprint density at radius 2 is 1.75 bits per heavy atom. The third-order valence-corrected chi connectivity index (χ3v) is 1.48. The van der Waals surface area contributed by atoms with Crippen LogP contribution in [0.25, 0.3) is 0 Å². The Bertz CT molecular complexity index is 286. The molecule has 0 saturated carbocycles. The molecular formula is C11H14F3KO. The van der Waals surface area contributed by atoms with Crippen molar-refractivity contribution in [2.24, 2.45) is 0 Å². The first-order valence-electron chi connectivity index (χ1n) is 4.58. The summed E-state index contributed by atoms with van der Waals surface area (Å²) in [4.78, 5) is 11.1. The third kappa shape index (κ3) is 8.58. The van der Waals surface area contributed by atoms with Crippen LogP contribution in [0.2, 0.25) is 0 Å². The number of hydrogen-bond donors (Lipinski definition) is 0. The third-order valence-electron chi connectivity index (χ3n) is 1.48. The largest absolute Gasteiger partial charge is 1.00 e. The molecule has 86 valence electrons. The molecule has 0 rings (SSSR count). The van der Waals surface area contributed by atoms with Gasteiger partial charge in [0.15, 0.2) is 0 Å². The summed E-state index contributed by atoms with van der Waals surface area (Å²) < 4.78 is 37.0. The normalized spacial score (nSPS) is 11.5. The molecule has 16 heavy (non-hydrogen) atoms. The second-order valence-corrected chi connectivity index (χ2v) is 3.33. The van der Waals surface area contributed by atoms with E-state index in [0.29, 0.717) is 11.6 Å². The molecule has 5 heteroatoms. The molecule has 0 aliphatic carbocycles. The molecule has 0 heterocycles. The minimum absolute atomic E-state index is 0. The van der Waals surface area contributed by atoms with Gasteiger partial charge in [-0.05, 0) is 19.9 Å². The number of ketones is 1. The van der Waals surface area contributed by atoms with Crippen molar-refractivity contribution in [1.29, 1.82) is 0 Å². The van der Waals surface area contributed by atoms with Gasteiger partial charge >= 0.3 is 57.6 Å². The zero-order chi connectivity index (χ0) is 12.1. The van der Waals surface area contributed by atoms with E-state index in [1.54, 1.807) is 20.8 Å². The van der Waals surface area contributed by atoms with E-state index >= 15 is 0 Å². The SMILES string of the molecule is CC[CH-]C(=CC(=O)C=C(C)C)C(F)(F)F.[K+]. The van der Waals surface area contributed by atoms with Crippen molar-refractivity contribution in [3.8, 4) is 0 Å². The van der Waals surface area contributed by atoms with Crippen LogP contribution < -0.4 is 51.4 Å². The molecule has 0 aromatic carbocycles. The van der Waals surface area contributed by atoms with Crippen molar-refractivity contribution < 1.29 is 69.4 Å². The van der Waals surface area contributed by atoms with E-state index in [2.05, 4.69) is 0 Å². The van der Waals surface area contributed by atoms with Crippen LogP contribution in [0.3, 0.4) is 0 Å². The standard InChI is InChI=1S/C11H14F3O.K/c1-4-5-9(11(12,13)14)7-10(15)6-8(2)3;/h5-7H,4H2,1-3H3;/q-1;+1. The van der Waals surface area contributed by atoms with Gasteiger partial charge in [-0.15, -0.1) is 12.0 Å². The second kappa shape index (κ2) is 8.52. The van der Waals surface area contributed by atoms with E-state index in [-0.39, 0.29) is 57.8 Å². The van der Waals surface area contributed by atoms with E-state index in [4.69, 9.17) is 0 Å². The van der Waals surface area contributed by atoms with Gasteiger partial charge in [0.2, 0.25) is 0 Å². The van der Waals surface area contributed by atoms with E-state index < -0.39 is 17.5 Å². The molecule has 1 nitrogen and oxygen atoms in total. The van der Waals surface area contributed by atoms with Gasteiger partial charge in [-0.3, -0.25) is 0 Å². The summed E-state index contributed by atoms with van der Waals surface area (Å²) in [5.41, 5.74) is -0.207. The molecule has 0 aromatic rings. The van der Waals surface area contributed by atoms with Crippen molar-refractivity contribution in [2.75, 3.05) is 0 Å². The van der Waals surface area contributed by atoms with Crippen molar-refractivity contribution in [2.45, 2.75) is 33.4 Å². The number of rotatable bonds is 4. The van der Waals surface area contributed by atoms with Crippen LogP contribution >= 0.6 is 0 Å². The van der Waals surface area contributed by atoms with Gasteiger partial charge in [-0.2, -0.15) is 19.2 Å². The summed E-state index contributed by atoms with van der Waals surface area (Å²) in [5.74, 6) is -0.632. The molecule has 0 saturated heterocycles. The molecule has 0 amide bonds. The summed E-state index contributed by atoms with van der Waals surface area (Å²) in [7, 11) is 0. The number of carbonyl (C=O) groups is 1. The summed E-state index contributed by atoms with van der Waals surface area (Å²) in [5, 5.41) is 0. The topological polar surface area (TPSA) is 17.1 Å². The van der Waals surface area contributed by atoms with Crippen LogP contribution in [0.4, 0.5) is 13.2 Å². The zero-order valence-electron chi connectivity index (χ0n) is 9.98. The second-order valence-electron chi connectivity index (χ2n) is 3.33. The maximum absolute atomic E-state index is 12.3. The summed E-state index contributed by atoms with van der Waals surface area (Å²) in [6.45, 7) is 4.90. The summed E-state index contributed by atoms with van der Waals surface area (Å²) in [6.07, 6.45) is -1.42. The Kier molecular flexibility index (Phi) is 10.0. The number of alkyl halides is 3. The molecule has 0 atom stereocenters. The van der Waals surface area contributed by atoms with Crippen LogP contribution in [0, 0.1) is 6.42 Å². The smallest absolute Gasteiger partial charge is 0.311 e. The fourth-order valence-corrected chi connectivity index (χ4v) is 0.956. The number of halogens is 3. The van der Waals surface area contributed by atoms with Crippen molar-refractivity contribution in [3.05, 3.63) is 29.7 Å². The van der Waals surface area contributed by atoms with Gasteiger partial charge in [0, 0.05) is 0 Å². The molecule has 0 aromatic heterocycles. The van der Waals surface area contributed by atoms with E-state index in [1.165, 1.54) is 6.08 Å². The maximum atomic E-state index is 12.3. The first-order valence-corrected chi connectivity index (χ1v) is 4.58. The van der Waals surface area contributed by atoms with Crippen LogP contribution in [-0.2, 0) is 4.79 Å². The Balaban J connectivity index is 0. The summed E-state index contributed by atoms with van der Waals surface area (Å²) >= 11 is 0. The molecule has 0 unspecified atom stereocenters. The van der Waals surface area contributed by atoms with Crippen LogP contribution in [0.15, 0.2) is 23.3 Å². The predicted octanol–water partition coefficient (Wildman–Crippen LogP) is 0.629. The van der Waals surface area contributed by atoms with Crippen molar-refractivity contribution in [1.82, 2.24) is 0 Å². The number of allylic oxidation sites excluding steroid dienone is 4. The average Bonchev–Trinajstić information content (AvgIpc) is 2.00. The van der Waals surface area contributed by atoms with E-state index in [1.807, 2.05) is 0 Å². The van der Waals surface area contributed by atoms with Crippen LogP contribution in [-0.4, -0.2) is 12.0 Å². The van der Waals surface area contributed by atoms with Crippen molar-refractivity contribution >= 4 is 5.78 Å². The molecule has 0 fully saturated rings. The quantitative estimate of drug-likeness (QED) is 0.411. The van der Waals surface area contributed by atoms with E-state index in [0.717, 1.165) is 6.42 Å². The molecule has 0 aliphatic heterocycles. The Morgan fingerprint density at radius 1 is 1.25 bits per heavy atom. The number of carbonyl (C=O) groups excluding carboxylic acids is 1. The Hall–Kier alpha value is 0.446. The maximum Gasteiger partial charge on any atom is 1.00 e. The molecule has 0 spiro atoms. The van der Waals surface area contributed by atoms with Gasteiger partial charge in [0.05, 0.1) is 5.78 Å². The average molecular weight is 258 g/mol.